The van der Waals surface area contributed by atoms with Crippen molar-refractivity contribution in [2.24, 2.45) is 11.8 Å². The minimum Gasteiger partial charge on any atom is -0.466 e. The van der Waals surface area contributed by atoms with E-state index >= 15 is 0 Å². The summed E-state index contributed by atoms with van der Waals surface area (Å²) in [5.41, 5.74) is 0.401. The van der Waals surface area contributed by atoms with Crippen LogP contribution in [-0.4, -0.2) is 36.0 Å². The van der Waals surface area contributed by atoms with E-state index in [4.69, 9.17) is 5.11 Å². The van der Waals surface area contributed by atoms with Gasteiger partial charge in [0.2, 0.25) is 0 Å². The van der Waals surface area contributed by atoms with Crippen molar-refractivity contribution in [3.05, 3.63) is 11.6 Å². The van der Waals surface area contributed by atoms with Gasteiger partial charge in [-0.25, -0.2) is 4.79 Å². The monoisotopic (exact) mass is 230 g/mol. The lowest BCUT2D eigenvalue weighted by Crippen LogP contribution is -2.20. The summed E-state index contributed by atoms with van der Waals surface area (Å²) in [6, 6.07) is 0. The normalized spacial score (nSPS) is 17.8. The highest BCUT2D eigenvalue weighted by Gasteiger charge is 2.16. The van der Waals surface area contributed by atoms with E-state index in [1.165, 1.54) is 13.2 Å². The molecule has 4 nitrogen and oxygen atoms in total. The second-order valence-electron chi connectivity index (χ2n) is 4.33. The first-order chi connectivity index (χ1) is 7.42. The number of hydrogen-bond acceptors (Lipinski definition) is 4. The van der Waals surface area contributed by atoms with E-state index in [1.54, 1.807) is 6.92 Å². The lowest BCUT2D eigenvalue weighted by Gasteiger charge is -2.19. The molecule has 16 heavy (non-hydrogen) atoms. The SMILES string of the molecule is COC(=O)C(C)=CC(O)C(C)CC(C)CO. The fourth-order valence-electron chi connectivity index (χ4n) is 1.50. The number of esters is 1. The number of carbonyl (C=O) groups is 1. The van der Waals surface area contributed by atoms with E-state index in [0.717, 1.165) is 0 Å². The van der Waals surface area contributed by atoms with Gasteiger partial charge in [0.1, 0.15) is 0 Å². The molecule has 0 aliphatic heterocycles. The Morgan fingerprint density at radius 3 is 2.44 bits per heavy atom. The Hall–Kier alpha value is -0.870. The number of carbonyl (C=O) groups excluding carboxylic acids is 1. The van der Waals surface area contributed by atoms with Gasteiger partial charge in [-0.05, 0) is 31.3 Å². The molecule has 2 N–H and O–H groups in total. The van der Waals surface area contributed by atoms with Crippen LogP contribution in [0.5, 0.6) is 0 Å². The predicted octanol–water partition coefficient (Wildman–Crippen LogP) is 1.12. The lowest BCUT2D eigenvalue weighted by molar-refractivity contribution is -0.136. The molecule has 4 heteroatoms. The molecule has 0 fully saturated rings. The van der Waals surface area contributed by atoms with E-state index < -0.39 is 12.1 Å². The van der Waals surface area contributed by atoms with Gasteiger partial charge < -0.3 is 14.9 Å². The van der Waals surface area contributed by atoms with Gasteiger partial charge in [-0.1, -0.05) is 13.8 Å². The molecule has 0 saturated heterocycles. The van der Waals surface area contributed by atoms with Crippen LogP contribution in [-0.2, 0) is 9.53 Å². The summed E-state index contributed by atoms with van der Waals surface area (Å²) in [6.07, 6.45) is 1.52. The van der Waals surface area contributed by atoms with Crippen LogP contribution in [0.4, 0.5) is 0 Å². The summed E-state index contributed by atoms with van der Waals surface area (Å²) in [4.78, 5) is 11.1. The molecule has 0 aromatic heterocycles. The number of aliphatic hydroxyl groups excluding tert-OH is 2. The molecular weight excluding hydrogens is 208 g/mol. The Bertz CT molecular complexity index is 247. The molecule has 0 radical (unpaired) electrons. The average molecular weight is 230 g/mol. The van der Waals surface area contributed by atoms with Gasteiger partial charge >= 0.3 is 5.97 Å². The molecule has 3 unspecified atom stereocenters. The van der Waals surface area contributed by atoms with Crippen LogP contribution in [0.1, 0.15) is 27.2 Å². The number of rotatable bonds is 6. The number of aliphatic hydroxyl groups is 2. The van der Waals surface area contributed by atoms with Crippen LogP contribution < -0.4 is 0 Å². The van der Waals surface area contributed by atoms with E-state index in [1.807, 2.05) is 13.8 Å². The van der Waals surface area contributed by atoms with Crippen molar-refractivity contribution in [1.29, 1.82) is 0 Å². The quantitative estimate of drug-likeness (QED) is 0.530. The maximum absolute atomic E-state index is 11.1. The molecule has 0 rings (SSSR count). The molecule has 0 saturated carbocycles. The van der Waals surface area contributed by atoms with Crippen molar-refractivity contribution < 1.29 is 19.7 Å². The topological polar surface area (TPSA) is 66.8 Å². The van der Waals surface area contributed by atoms with Crippen LogP contribution in [0.2, 0.25) is 0 Å². The van der Waals surface area contributed by atoms with Crippen molar-refractivity contribution in [3.8, 4) is 0 Å². The number of hydrogen-bond donors (Lipinski definition) is 2. The van der Waals surface area contributed by atoms with E-state index in [-0.39, 0.29) is 18.4 Å². The van der Waals surface area contributed by atoms with Crippen LogP contribution in [0.25, 0.3) is 0 Å². The zero-order valence-electron chi connectivity index (χ0n) is 10.4. The van der Waals surface area contributed by atoms with Crippen molar-refractivity contribution in [1.82, 2.24) is 0 Å². The molecular formula is C12H22O4. The fourth-order valence-corrected chi connectivity index (χ4v) is 1.50. The summed E-state index contributed by atoms with van der Waals surface area (Å²) in [7, 11) is 1.31. The summed E-state index contributed by atoms with van der Waals surface area (Å²) >= 11 is 0. The summed E-state index contributed by atoms with van der Waals surface area (Å²) in [5.74, 6) is -0.278. The van der Waals surface area contributed by atoms with Gasteiger partial charge in [0.05, 0.1) is 13.2 Å². The Balaban J connectivity index is 4.33. The molecule has 0 aromatic rings. The van der Waals surface area contributed by atoms with Gasteiger partial charge in [-0.15, -0.1) is 0 Å². The zero-order valence-corrected chi connectivity index (χ0v) is 10.4. The second-order valence-corrected chi connectivity index (χ2v) is 4.33. The number of methoxy groups -OCH3 is 1. The van der Waals surface area contributed by atoms with Crippen molar-refractivity contribution in [3.63, 3.8) is 0 Å². The van der Waals surface area contributed by atoms with Gasteiger partial charge in [0, 0.05) is 12.2 Å². The van der Waals surface area contributed by atoms with Gasteiger partial charge in [-0.2, -0.15) is 0 Å². The first-order valence-corrected chi connectivity index (χ1v) is 5.48. The van der Waals surface area contributed by atoms with Gasteiger partial charge in [-0.3, -0.25) is 0 Å². The molecule has 94 valence electrons. The third-order valence-electron chi connectivity index (χ3n) is 2.60. The summed E-state index contributed by atoms with van der Waals surface area (Å²) in [6.45, 7) is 5.52. The molecule has 0 bridgehead atoms. The Morgan fingerprint density at radius 1 is 1.44 bits per heavy atom. The standard InChI is InChI=1S/C12H22O4/c1-8(7-13)5-9(2)11(14)6-10(3)12(15)16-4/h6,8-9,11,13-14H,5,7H2,1-4H3. The molecule has 0 amide bonds. The van der Waals surface area contributed by atoms with E-state index in [9.17, 15) is 9.90 Å². The zero-order chi connectivity index (χ0) is 12.7. The molecule has 0 heterocycles. The van der Waals surface area contributed by atoms with Crippen molar-refractivity contribution >= 4 is 5.97 Å². The predicted molar refractivity (Wildman–Crippen MR) is 61.8 cm³/mol. The Kier molecular flexibility index (Phi) is 7.01. The average Bonchev–Trinajstić information content (AvgIpc) is 2.27. The highest BCUT2D eigenvalue weighted by atomic mass is 16.5. The molecule has 0 aliphatic carbocycles. The van der Waals surface area contributed by atoms with Crippen molar-refractivity contribution in [2.45, 2.75) is 33.3 Å². The van der Waals surface area contributed by atoms with Crippen LogP contribution in [0.15, 0.2) is 11.6 Å². The maximum atomic E-state index is 11.1. The smallest absolute Gasteiger partial charge is 0.333 e. The van der Waals surface area contributed by atoms with Crippen LogP contribution in [0, 0.1) is 11.8 Å². The molecule has 3 atom stereocenters. The Morgan fingerprint density at radius 2 is 2.00 bits per heavy atom. The van der Waals surface area contributed by atoms with Gasteiger partial charge in [0.15, 0.2) is 0 Å². The highest BCUT2D eigenvalue weighted by molar-refractivity contribution is 5.87. The minimum atomic E-state index is -0.687. The van der Waals surface area contributed by atoms with Crippen LogP contribution >= 0.6 is 0 Å². The molecule has 0 spiro atoms. The number of ether oxygens (including phenoxy) is 1. The minimum absolute atomic E-state index is 0.00163. The largest absolute Gasteiger partial charge is 0.466 e. The van der Waals surface area contributed by atoms with Crippen LogP contribution in [0.3, 0.4) is 0 Å². The third-order valence-corrected chi connectivity index (χ3v) is 2.60. The summed E-state index contributed by atoms with van der Waals surface area (Å²) in [5, 5.41) is 18.7. The fraction of sp³-hybridized carbons (Fsp3) is 0.750. The summed E-state index contributed by atoms with van der Waals surface area (Å²) < 4.78 is 4.54. The van der Waals surface area contributed by atoms with Crippen molar-refractivity contribution in [2.75, 3.05) is 13.7 Å². The van der Waals surface area contributed by atoms with E-state index in [0.29, 0.717) is 12.0 Å². The lowest BCUT2D eigenvalue weighted by atomic mass is 9.92. The first-order valence-electron chi connectivity index (χ1n) is 5.48. The molecule has 0 aromatic carbocycles. The molecule has 0 aliphatic rings. The second kappa shape index (κ2) is 7.41. The Labute approximate surface area is 96.9 Å². The van der Waals surface area contributed by atoms with E-state index in [2.05, 4.69) is 4.74 Å². The van der Waals surface area contributed by atoms with Gasteiger partial charge in [0.25, 0.3) is 0 Å². The third kappa shape index (κ3) is 5.28. The first kappa shape index (κ1) is 15.1. The highest BCUT2D eigenvalue weighted by Crippen LogP contribution is 2.17. The maximum Gasteiger partial charge on any atom is 0.333 e.